The molecule has 0 N–H and O–H groups in total. The van der Waals surface area contributed by atoms with Gasteiger partial charge in [-0.05, 0) is 48.0 Å². The van der Waals surface area contributed by atoms with Crippen molar-refractivity contribution in [3.8, 4) is 0 Å². The summed E-state index contributed by atoms with van der Waals surface area (Å²) in [6.07, 6.45) is 8.90. The monoisotopic (exact) mass is 242 g/mol. The summed E-state index contributed by atoms with van der Waals surface area (Å²) in [5.74, 6) is 3.07. The maximum absolute atomic E-state index is 4.34. The van der Waals surface area contributed by atoms with Crippen LogP contribution >= 0.6 is 0 Å². The summed E-state index contributed by atoms with van der Waals surface area (Å²) < 4.78 is 0. The molecule has 98 valence electrons. The Bertz CT molecular complexity index is 451. The van der Waals surface area contributed by atoms with Gasteiger partial charge in [0.1, 0.15) is 0 Å². The third-order valence-electron chi connectivity index (χ3n) is 6.18. The zero-order valence-corrected chi connectivity index (χ0v) is 12.3. The normalized spacial score (nSPS) is 44.9. The number of allylic oxidation sites excluding steroid dienone is 5. The van der Waals surface area contributed by atoms with Crippen LogP contribution in [0.2, 0.25) is 0 Å². The predicted octanol–water partition coefficient (Wildman–Crippen LogP) is 5.14. The van der Waals surface area contributed by atoms with Gasteiger partial charge in [0.2, 0.25) is 0 Å². The highest BCUT2D eigenvalue weighted by atomic mass is 14.6. The Labute approximate surface area is 112 Å². The van der Waals surface area contributed by atoms with Crippen LogP contribution in [0.15, 0.2) is 35.5 Å². The van der Waals surface area contributed by atoms with Crippen LogP contribution in [-0.4, -0.2) is 0 Å². The molecule has 3 aliphatic rings. The van der Waals surface area contributed by atoms with E-state index in [-0.39, 0.29) is 0 Å². The van der Waals surface area contributed by atoms with Crippen molar-refractivity contribution < 1.29 is 0 Å². The third-order valence-corrected chi connectivity index (χ3v) is 6.18. The molecule has 0 aliphatic heterocycles. The first-order valence-electron chi connectivity index (χ1n) is 7.64. The molecule has 1 saturated carbocycles. The van der Waals surface area contributed by atoms with Gasteiger partial charge in [-0.1, -0.05) is 57.6 Å². The van der Waals surface area contributed by atoms with E-state index in [1.54, 1.807) is 11.1 Å². The number of fused-ring (bicyclic) bond motifs is 4. The summed E-state index contributed by atoms with van der Waals surface area (Å²) >= 11 is 0. The fraction of sp³-hybridized carbons (Fsp3) is 0.667. The number of hydrogen-bond acceptors (Lipinski definition) is 0. The number of hydrogen-bond donors (Lipinski definition) is 0. The van der Waals surface area contributed by atoms with Crippen LogP contribution in [0, 0.1) is 29.1 Å². The Morgan fingerprint density at radius 3 is 2.72 bits per heavy atom. The Kier molecular flexibility index (Phi) is 2.63. The van der Waals surface area contributed by atoms with Crippen LogP contribution in [0.25, 0.3) is 0 Å². The van der Waals surface area contributed by atoms with E-state index in [0.717, 1.165) is 18.3 Å². The topological polar surface area (TPSA) is 0 Å². The van der Waals surface area contributed by atoms with E-state index in [2.05, 4.69) is 46.4 Å². The minimum Gasteiger partial charge on any atom is -0.0993 e. The summed E-state index contributed by atoms with van der Waals surface area (Å²) in [6.45, 7) is 13.9. The van der Waals surface area contributed by atoms with Gasteiger partial charge < -0.3 is 0 Å². The molecule has 5 atom stereocenters. The molecular formula is C18H26. The first kappa shape index (κ1) is 12.3. The van der Waals surface area contributed by atoms with E-state index < -0.39 is 0 Å². The van der Waals surface area contributed by atoms with Gasteiger partial charge in [-0.15, -0.1) is 0 Å². The van der Waals surface area contributed by atoms with Crippen molar-refractivity contribution in [3.63, 3.8) is 0 Å². The zero-order chi connectivity index (χ0) is 13.1. The lowest BCUT2D eigenvalue weighted by Crippen LogP contribution is -2.33. The van der Waals surface area contributed by atoms with Crippen molar-refractivity contribution in [2.45, 2.75) is 47.0 Å². The summed E-state index contributed by atoms with van der Waals surface area (Å²) in [5.41, 5.74) is 5.21. The van der Waals surface area contributed by atoms with Crippen LogP contribution < -0.4 is 0 Å². The maximum Gasteiger partial charge on any atom is 0.00138 e. The molecule has 0 heteroatoms. The fourth-order valence-electron chi connectivity index (χ4n) is 4.30. The Balaban J connectivity index is 2.06. The Morgan fingerprint density at radius 2 is 2.11 bits per heavy atom. The highest BCUT2D eigenvalue weighted by Crippen LogP contribution is 2.64. The lowest BCUT2D eigenvalue weighted by Gasteiger charge is -2.41. The predicted molar refractivity (Wildman–Crippen MR) is 78.2 cm³/mol. The first-order chi connectivity index (χ1) is 8.52. The van der Waals surface area contributed by atoms with Gasteiger partial charge in [0.15, 0.2) is 0 Å². The molecule has 18 heavy (non-hydrogen) atoms. The largest absolute Gasteiger partial charge is 0.0993 e. The molecular weight excluding hydrogens is 216 g/mol. The minimum absolute atomic E-state index is 0.386. The molecule has 0 radical (unpaired) electrons. The molecule has 3 rings (SSSR count). The van der Waals surface area contributed by atoms with Crippen molar-refractivity contribution in [1.29, 1.82) is 0 Å². The van der Waals surface area contributed by atoms with Crippen molar-refractivity contribution >= 4 is 0 Å². The average molecular weight is 242 g/mol. The SMILES string of the molecule is C=C(CC)[C@H]1C=C2C=C([C@@H]3C[C@H]23)C(C)(CC)[C@@H]1C. The van der Waals surface area contributed by atoms with Gasteiger partial charge in [-0.3, -0.25) is 0 Å². The zero-order valence-electron chi connectivity index (χ0n) is 12.3. The third kappa shape index (κ3) is 1.44. The second-order valence-corrected chi connectivity index (χ2v) is 6.81. The van der Waals surface area contributed by atoms with Crippen LogP contribution in [0.5, 0.6) is 0 Å². The molecule has 0 spiro atoms. The van der Waals surface area contributed by atoms with Gasteiger partial charge in [0.25, 0.3) is 0 Å². The second-order valence-electron chi connectivity index (χ2n) is 6.81. The molecule has 0 aromatic carbocycles. The fourth-order valence-corrected chi connectivity index (χ4v) is 4.30. The van der Waals surface area contributed by atoms with Gasteiger partial charge in [-0.2, -0.15) is 0 Å². The van der Waals surface area contributed by atoms with Gasteiger partial charge in [0, 0.05) is 5.92 Å². The molecule has 0 heterocycles. The summed E-state index contributed by atoms with van der Waals surface area (Å²) in [5, 5.41) is 0. The molecule has 0 saturated heterocycles. The van der Waals surface area contributed by atoms with Crippen molar-refractivity contribution in [1.82, 2.24) is 0 Å². The summed E-state index contributed by atoms with van der Waals surface area (Å²) in [7, 11) is 0. The second kappa shape index (κ2) is 3.85. The van der Waals surface area contributed by atoms with Gasteiger partial charge >= 0.3 is 0 Å². The average Bonchev–Trinajstić information content (AvgIpc) is 3.10. The summed E-state index contributed by atoms with van der Waals surface area (Å²) in [4.78, 5) is 0. The van der Waals surface area contributed by atoms with Crippen LogP contribution in [-0.2, 0) is 0 Å². The van der Waals surface area contributed by atoms with Gasteiger partial charge in [-0.25, -0.2) is 0 Å². The molecule has 0 nitrogen and oxygen atoms in total. The van der Waals surface area contributed by atoms with Crippen LogP contribution in [0.1, 0.15) is 47.0 Å². The number of rotatable bonds is 3. The van der Waals surface area contributed by atoms with Crippen LogP contribution in [0.4, 0.5) is 0 Å². The molecule has 1 fully saturated rings. The molecule has 0 amide bonds. The van der Waals surface area contributed by atoms with E-state index >= 15 is 0 Å². The van der Waals surface area contributed by atoms with E-state index in [4.69, 9.17) is 0 Å². The molecule has 0 aromatic rings. The Hall–Kier alpha value is -0.780. The van der Waals surface area contributed by atoms with E-state index in [0.29, 0.717) is 17.3 Å². The van der Waals surface area contributed by atoms with Crippen molar-refractivity contribution in [2.24, 2.45) is 29.1 Å². The van der Waals surface area contributed by atoms with E-state index in [1.165, 1.54) is 18.4 Å². The highest BCUT2D eigenvalue weighted by molar-refractivity contribution is 5.49. The van der Waals surface area contributed by atoms with Gasteiger partial charge in [0.05, 0.1) is 0 Å². The molecule has 1 unspecified atom stereocenters. The highest BCUT2D eigenvalue weighted by Gasteiger charge is 2.55. The standard InChI is InChI=1S/C18H26/c1-6-11(3)14-8-13-9-17(16-10-15(13)16)18(5,7-2)12(14)4/h8-9,12,14-16H,3,6-7,10H2,1-2,4-5H3/t12-,14-,15-,16-,18?/m1/s1. The smallest absolute Gasteiger partial charge is 0.00138 e. The minimum atomic E-state index is 0.386. The lowest BCUT2D eigenvalue weighted by atomic mass is 9.63. The quantitative estimate of drug-likeness (QED) is 0.601. The van der Waals surface area contributed by atoms with E-state index in [9.17, 15) is 0 Å². The maximum atomic E-state index is 4.34. The van der Waals surface area contributed by atoms with Crippen molar-refractivity contribution in [3.05, 3.63) is 35.5 Å². The van der Waals surface area contributed by atoms with Crippen molar-refractivity contribution in [2.75, 3.05) is 0 Å². The Morgan fingerprint density at radius 1 is 1.39 bits per heavy atom. The molecule has 0 aromatic heterocycles. The van der Waals surface area contributed by atoms with Crippen LogP contribution in [0.3, 0.4) is 0 Å². The molecule has 3 aliphatic carbocycles. The molecule has 2 bridgehead atoms. The van der Waals surface area contributed by atoms with E-state index in [1.807, 2.05) is 0 Å². The first-order valence-corrected chi connectivity index (χ1v) is 7.64. The lowest BCUT2D eigenvalue weighted by molar-refractivity contribution is 0.201. The summed E-state index contributed by atoms with van der Waals surface area (Å²) in [6, 6.07) is 0.